The Kier molecular flexibility index (Phi) is 6.74. The van der Waals surface area contributed by atoms with Crippen molar-refractivity contribution in [3.8, 4) is 5.75 Å². The lowest BCUT2D eigenvalue weighted by Gasteiger charge is -2.28. The zero-order valence-corrected chi connectivity index (χ0v) is 19.8. The molecule has 6 nitrogen and oxygen atoms in total. The van der Waals surface area contributed by atoms with E-state index in [9.17, 15) is 8.42 Å². The molecule has 0 N–H and O–H groups in total. The lowest BCUT2D eigenvalue weighted by atomic mass is 10.1. The fraction of sp³-hybridized carbons (Fsp3) is 0.375. The van der Waals surface area contributed by atoms with E-state index < -0.39 is 10.0 Å². The van der Waals surface area contributed by atoms with Crippen LogP contribution in [0.15, 0.2) is 51.9 Å². The van der Waals surface area contributed by atoms with Crippen molar-refractivity contribution in [2.24, 2.45) is 5.92 Å². The van der Waals surface area contributed by atoms with Gasteiger partial charge in [0.15, 0.2) is 0 Å². The van der Waals surface area contributed by atoms with E-state index in [1.807, 2.05) is 59.7 Å². The van der Waals surface area contributed by atoms with Crippen LogP contribution in [0.4, 0.5) is 5.69 Å². The van der Waals surface area contributed by atoms with Crippen LogP contribution in [-0.2, 0) is 16.6 Å². The van der Waals surface area contributed by atoms with Crippen molar-refractivity contribution in [2.45, 2.75) is 53.0 Å². The Balaban J connectivity index is 1.86. The normalized spacial score (nSPS) is 11.7. The lowest BCUT2D eigenvalue weighted by molar-refractivity contribution is 0.301. The Morgan fingerprint density at radius 1 is 1.03 bits per heavy atom. The van der Waals surface area contributed by atoms with Gasteiger partial charge in [-0.25, -0.2) is 8.42 Å². The number of benzene rings is 2. The third-order valence-electron chi connectivity index (χ3n) is 5.13. The minimum atomic E-state index is -3.72. The van der Waals surface area contributed by atoms with E-state index in [4.69, 9.17) is 9.26 Å². The molecule has 0 saturated carbocycles. The van der Waals surface area contributed by atoms with Crippen LogP contribution in [0.3, 0.4) is 0 Å². The van der Waals surface area contributed by atoms with E-state index in [0.717, 1.165) is 28.1 Å². The molecule has 166 valence electrons. The summed E-state index contributed by atoms with van der Waals surface area (Å²) in [6.07, 6.45) is 0. The highest BCUT2D eigenvalue weighted by Gasteiger charge is 2.27. The van der Waals surface area contributed by atoms with Crippen molar-refractivity contribution in [1.82, 2.24) is 5.16 Å². The van der Waals surface area contributed by atoms with Gasteiger partial charge in [0.2, 0.25) is 0 Å². The first-order valence-electron chi connectivity index (χ1n) is 10.3. The number of aromatic nitrogens is 1. The Labute approximate surface area is 184 Å². The van der Waals surface area contributed by atoms with Gasteiger partial charge in [-0.3, -0.25) is 4.31 Å². The average molecular weight is 443 g/mol. The third-order valence-corrected chi connectivity index (χ3v) is 6.92. The second-order valence-corrected chi connectivity index (χ2v) is 10.1. The van der Waals surface area contributed by atoms with Crippen molar-refractivity contribution in [2.75, 3.05) is 10.8 Å². The standard InChI is InChI=1S/C24H30N2O4S/c1-16(2)14-26(24-12-7-17(3)13-18(24)4)31(27,28)22-10-8-21(9-11-22)29-15-23-19(5)25-30-20(23)6/h7-13,16H,14-15H2,1-6H3. The summed E-state index contributed by atoms with van der Waals surface area (Å²) in [5.41, 5.74) is 4.42. The molecule has 1 heterocycles. The molecule has 1 aromatic heterocycles. The number of anilines is 1. The van der Waals surface area contributed by atoms with Gasteiger partial charge in [-0.05, 0) is 69.5 Å². The van der Waals surface area contributed by atoms with Gasteiger partial charge >= 0.3 is 0 Å². The number of hydrogen-bond donors (Lipinski definition) is 0. The van der Waals surface area contributed by atoms with Crippen LogP contribution in [-0.4, -0.2) is 20.1 Å². The molecule has 0 amide bonds. The number of ether oxygens (including phenoxy) is 1. The van der Waals surface area contributed by atoms with Crippen LogP contribution in [0, 0.1) is 33.6 Å². The third kappa shape index (κ3) is 5.10. The molecule has 0 aliphatic carbocycles. The smallest absolute Gasteiger partial charge is 0.264 e. The summed E-state index contributed by atoms with van der Waals surface area (Å²) in [6, 6.07) is 12.4. The number of aryl methyl sites for hydroxylation is 4. The van der Waals surface area contributed by atoms with E-state index in [1.165, 1.54) is 4.31 Å². The molecule has 0 atom stereocenters. The maximum atomic E-state index is 13.5. The van der Waals surface area contributed by atoms with E-state index in [2.05, 4.69) is 5.16 Å². The Hall–Kier alpha value is -2.80. The molecule has 0 saturated heterocycles. The van der Waals surface area contributed by atoms with Crippen LogP contribution in [0.2, 0.25) is 0 Å². The summed E-state index contributed by atoms with van der Waals surface area (Å²) in [4.78, 5) is 0.234. The summed E-state index contributed by atoms with van der Waals surface area (Å²) >= 11 is 0. The molecular weight excluding hydrogens is 412 g/mol. The molecule has 31 heavy (non-hydrogen) atoms. The summed E-state index contributed by atoms with van der Waals surface area (Å²) < 4.78 is 39.5. The zero-order valence-electron chi connectivity index (χ0n) is 19.0. The fourth-order valence-corrected chi connectivity index (χ4v) is 5.13. The molecule has 3 aromatic rings. The molecular formula is C24H30N2O4S. The van der Waals surface area contributed by atoms with Crippen LogP contribution in [0.5, 0.6) is 5.75 Å². The van der Waals surface area contributed by atoms with Crippen molar-refractivity contribution in [1.29, 1.82) is 0 Å². The van der Waals surface area contributed by atoms with Gasteiger partial charge in [0.1, 0.15) is 18.1 Å². The van der Waals surface area contributed by atoms with Gasteiger partial charge in [-0.1, -0.05) is 36.7 Å². The molecule has 0 unspecified atom stereocenters. The first-order valence-corrected chi connectivity index (χ1v) is 11.8. The largest absolute Gasteiger partial charge is 0.489 e. The van der Waals surface area contributed by atoms with E-state index >= 15 is 0 Å². The van der Waals surface area contributed by atoms with Gasteiger partial charge in [0, 0.05) is 6.54 Å². The van der Waals surface area contributed by atoms with Crippen molar-refractivity contribution < 1.29 is 17.7 Å². The van der Waals surface area contributed by atoms with Crippen LogP contribution in [0.1, 0.15) is 42.0 Å². The van der Waals surface area contributed by atoms with Gasteiger partial charge in [-0.2, -0.15) is 0 Å². The molecule has 3 rings (SSSR count). The minimum absolute atomic E-state index is 0.174. The molecule has 0 fully saturated rings. The summed E-state index contributed by atoms with van der Waals surface area (Å²) in [5, 5.41) is 3.92. The van der Waals surface area contributed by atoms with Gasteiger partial charge in [-0.15, -0.1) is 0 Å². The Morgan fingerprint density at radius 2 is 1.71 bits per heavy atom. The van der Waals surface area contributed by atoms with Gasteiger partial charge in [0.25, 0.3) is 10.0 Å². The molecule has 2 aromatic carbocycles. The van der Waals surface area contributed by atoms with E-state index in [0.29, 0.717) is 24.6 Å². The second kappa shape index (κ2) is 9.14. The number of nitrogens with zero attached hydrogens (tertiary/aromatic N) is 2. The number of hydrogen-bond acceptors (Lipinski definition) is 5. The number of sulfonamides is 1. The molecule has 0 spiro atoms. The molecule has 0 aliphatic rings. The topological polar surface area (TPSA) is 72.6 Å². The Bertz CT molecular complexity index is 1130. The molecule has 0 radical (unpaired) electrons. The predicted molar refractivity (Wildman–Crippen MR) is 122 cm³/mol. The first-order chi connectivity index (χ1) is 14.6. The second-order valence-electron chi connectivity index (χ2n) is 8.28. The maximum Gasteiger partial charge on any atom is 0.264 e. The molecule has 0 aliphatic heterocycles. The van der Waals surface area contributed by atoms with Crippen molar-refractivity contribution in [3.63, 3.8) is 0 Å². The monoisotopic (exact) mass is 442 g/mol. The predicted octanol–water partition coefficient (Wildman–Crippen LogP) is 5.34. The zero-order chi connectivity index (χ0) is 22.8. The van der Waals surface area contributed by atoms with Gasteiger partial charge < -0.3 is 9.26 Å². The lowest BCUT2D eigenvalue weighted by Crippen LogP contribution is -2.34. The summed E-state index contributed by atoms with van der Waals surface area (Å²) in [7, 11) is -3.72. The molecule has 7 heteroatoms. The maximum absolute atomic E-state index is 13.5. The fourth-order valence-electron chi connectivity index (χ4n) is 3.44. The Morgan fingerprint density at radius 3 is 2.26 bits per heavy atom. The summed E-state index contributed by atoms with van der Waals surface area (Å²) in [5.74, 6) is 1.48. The first kappa shape index (κ1) is 22.9. The van der Waals surface area contributed by atoms with Crippen molar-refractivity contribution >= 4 is 15.7 Å². The molecule has 0 bridgehead atoms. The minimum Gasteiger partial charge on any atom is -0.489 e. The highest BCUT2D eigenvalue weighted by atomic mass is 32.2. The van der Waals surface area contributed by atoms with Crippen LogP contribution in [0.25, 0.3) is 0 Å². The van der Waals surface area contributed by atoms with Crippen molar-refractivity contribution in [3.05, 3.63) is 70.6 Å². The SMILES string of the molecule is Cc1ccc(N(CC(C)C)S(=O)(=O)c2ccc(OCc3c(C)noc3C)cc2)c(C)c1. The van der Waals surface area contributed by atoms with Crippen LogP contribution < -0.4 is 9.04 Å². The van der Waals surface area contributed by atoms with E-state index in [-0.39, 0.29) is 10.8 Å². The quantitative estimate of drug-likeness (QED) is 0.471. The van der Waals surface area contributed by atoms with Crippen LogP contribution >= 0.6 is 0 Å². The highest BCUT2D eigenvalue weighted by molar-refractivity contribution is 7.92. The number of rotatable bonds is 8. The average Bonchev–Trinajstić information content (AvgIpc) is 3.02. The van der Waals surface area contributed by atoms with Gasteiger partial charge in [0.05, 0.1) is 21.8 Å². The summed E-state index contributed by atoms with van der Waals surface area (Å²) in [6.45, 7) is 12.4. The highest BCUT2D eigenvalue weighted by Crippen LogP contribution is 2.29. The van der Waals surface area contributed by atoms with E-state index in [1.54, 1.807) is 24.3 Å².